The van der Waals surface area contributed by atoms with Crippen molar-refractivity contribution in [3.05, 3.63) is 52.6 Å². The molecule has 1 fully saturated rings. The zero-order chi connectivity index (χ0) is 16.4. The van der Waals surface area contributed by atoms with Gasteiger partial charge in [-0.2, -0.15) is 18.3 Å². The van der Waals surface area contributed by atoms with E-state index in [1.165, 1.54) is 35.3 Å². The van der Waals surface area contributed by atoms with Crippen LogP contribution in [-0.2, 0) is 12.7 Å². The van der Waals surface area contributed by atoms with Crippen molar-refractivity contribution >= 4 is 5.82 Å². The summed E-state index contributed by atoms with van der Waals surface area (Å²) < 4.78 is 40.8. The molecule has 1 aliphatic rings. The maximum absolute atomic E-state index is 13.2. The van der Waals surface area contributed by atoms with Gasteiger partial charge < -0.3 is 4.90 Å². The minimum Gasteiger partial charge on any atom is -0.351 e. The Balaban J connectivity index is 1.91. The third-order valence-electron chi connectivity index (χ3n) is 3.91. The molecule has 2 aromatic heterocycles. The lowest BCUT2D eigenvalue weighted by molar-refractivity contribution is -0.137. The molecule has 0 aliphatic carbocycles. The number of hydrogen-bond acceptors (Lipinski definition) is 4. The van der Waals surface area contributed by atoms with Crippen LogP contribution in [0.4, 0.5) is 19.0 Å². The standard InChI is InChI=1S/C15H15F3N4O/c16-15(17,18)12-5-1-7-19-14(12)21-9-3-4-11(21)10-22-13(23)6-2-8-20-22/h1-2,5-8,11H,3-4,9-10H2. The average Bonchev–Trinajstić information content (AvgIpc) is 2.97. The van der Waals surface area contributed by atoms with Crippen molar-refractivity contribution in [2.45, 2.75) is 31.6 Å². The molecule has 0 spiro atoms. The van der Waals surface area contributed by atoms with Gasteiger partial charge >= 0.3 is 6.18 Å². The summed E-state index contributed by atoms with van der Waals surface area (Å²) in [4.78, 5) is 17.3. The normalized spacial score (nSPS) is 18.4. The van der Waals surface area contributed by atoms with Crippen molar-refractivity contribution in [3.63, 3.8) is 0 Å². The number of aromatic nitrogens is 3. The predicted octanol–water partition coefficient (Wildman–Crippen LogP) is 2.33. The molecule has 0 aromatic carbocycles. The van der Waals surface area contributed by atoms with E-state index >= 15 is 0 Å². The fraction of sp³-hybridized carbons (Fsp3) is 0.400. The average molecular weight is 324 g/mol. The van der Waals surface area contributed by atoms with E-state index in [1.807, 2.05) is 0 Å². The predicted molar refractivity (Wildman–Crippen MR) is 78.1 cm³/mol. The zero-order valence-electron chi connectivity index (χ0n) is 12.2. The first kappa shape index (κ1) is 15.5. The van der Waals surface area contributed by atoms with E-state index in [0.717, 1.165) is 12.5 Å². The molecule has 5 nitrogen and oxygen atoms in total. The van der Waals surface area contributed by atoms with Gasteiger partial charge in [0.05, 0.1) is 18.2 Å². The molecule has 0 radical (unpaired) electrons. The highest BCUT2D eigenvalue weighted by Crippen LogP contribution is 2.37. The second-order valence-electron chi connectivity index (χ2n) is 5.41. The third-order valence-corrected chi connectivity index (χ3v) is 3.91. The van der Waals surface area contributed by atoms with Gasteiger partial charge in [0.2, 0.25) is 0 Å². The van der Waals surface area contributed by atoms with Crippen molar-refractivity contribution in [2.24, 2.45) is 0 Å². The lowest BCUT2D eigenvalue weighted by Gasteiger charge is -2.28. The molecule has 0 N–H and O–H groups in total. The van der Waals surface area contributed by atoms with Crippen LogP contribution in [-0.4, -0.2) is 27.4 Å². The first-order chi connectivity index (χ1) is 11.0. The summed E-state index contributed by atoms with van der Waals surface area (Å²) in [5, 5.41) is 3.98. The maximum Gasteiger partial charge on any atom is 0.419 e. The van der Waals surface area contributed by atoms with Crippen LogP contribution in [0.25, 0.3) is 0 Å². The SMILES string of the molecule is O=c1cccnn1CC1CCCN1c1ncccc1C(F)(F)F. The molecule has 3 rings (SSSR count). The fourth-order valence-corrected chi connectivity index (χ4v) is 2.88. The summed E-state index contributed by atoms with van der Waals surface area (Å²) in [5.74, 6) is -0.0773. The topological polar surface area (TPSA) is 51.0 Å². The summed E-state index contributed by atoms with van der Waals surface area (Å²) in [5.41, 5.74) is -1.02. The van der Waals surface area contributed by atoms with Crippen molar-refractivity contribution in [3.8, 4) is 0 Å². The van der Waals surface area contributed by atoms with Crippen molar-refractivity contribution in [1.82, 2.24) is 14.8 Å². The van der Waals surface area contributed by atoms with Crippen molar-refractivity contribution < 1.29 is 13.2 Å². The van der Waals surface area contributed by atoms with Crippen LogP contribution in [0.15, 0.2) is 41.5 Å². The summed E-state index contributed by atoms with van der Waals surface area (Å²) in [6, 6.07) is 4.99. The Kier molecular flexibility index (Phi) is 4.06. The highest BCUT2D eigenvalue weighted by Gasteiger charge is 2.38. The van der Waals surface area contributed by atoms with Crippen LogP contribution in [0.1, 0.15) is 18.4 Å². The second-order valence-corrected chi connectivity index (χ2v) is 5.41. The van der Waals surface area contributed by atoms with E-state index in [-0.39, 0.29) is 24.0 Å². The minimum atomic E-state index is -4.46. The number of nitrogens with zero attached hydrogens (tertiary/aromatic N) is 4. The molecule has 8 heteroatoms. The fourth-order valence-electron chi connectivity index (χ4n) is 2.88. The Bertz CT molecular complexity index is 744. The Hall–Kier alpha value is -2.38. The highest BCUT2D eigenvalue weighted by molar-refractivity contribution is 5.50. The molecular weight excluding hydrogens is 309 g/mol. The van der Waals surface area contributed by atoms with E-state index in [0.29, 0.717) is 13.0 Å². The summed E-state index contributed by atoms with van der Waals surface area (Å²) in [6.07, 6.45) is -0.176. The first-order valence-corrected chi connectivity index (χ1v) is 7.28. The van der Waals surface area contributed by atoms with Gasteiger partial charge in [-0.1, -0.05) is 0 Å². The number of anilines is 1. The molecule has 0 bridgehead atoms. The van der Waals surface area contributed by atoms with Crippen LogP contribution in [0, 0.1) is 0 Å². The lowest BCUT2D eigenvalue weighted by Crippen LogP contribution is -2.38. The molecule has 0 amide bonds. The van der Waals surface area contributed by atoms with Gasteiger partial charge in [-0.05, 0) is 31.0 Å². The van der Waals surface area contributed by atoms with Gasteiger partial charge in [-0.25, -0.2) is 9.67 Å². The van der Waals surface area contributed by atoms with E-state index in [9.17, 15) is 18.0 Å². The Morgan fingerprint density at radius 3 is 2.74 bits per heavy atom. The number of rotatable bonds is 3. The van der Waals surface area contributed by atoms with E-state index in [2.05, 4.69) is 10.1 Å². The molecule has 122 valence electrons. The van der Waals surface area contributed by atoms with Gasteiger partial charge in [0, 0.05) is 25.0 Å². The maximum atomic E-state index is 13.2. The lowest BCUT2D eigenvalue weighted by atomic mass is 10.2. The third kappa shape index (κ3) is 3.20. The van der Waals surface area contributed by atoms with Crippen LogP contribution < -0.4 is 10.5 Å². The van der Waals surface area contributed by atoms with Gasteiger partial charge in [-0.15, -0.1) is 0 Å². The molecule has 2 aromatic rings. The molecular formula is C15H15F3N4O. The van der Waals surface area contributed by atoms with Gasteiger partial charge in [0.15, 0.2) is 0 Å². The van der Waals surface area contributed by atoms with Crippen LogP contribution >= 0.6 is 0 Å². The molecule has 3 heterocycles. The molecule has 23 heavy (non-hydrogen) atoms. The Morgan fingerprint density at radius 2 is 2.00 bits per heavy atom. The Morgan fingerprint density at radius 1 is 1.22 bits per heavy atom. The van der Waals surface area contributed by atoms with Gasteiger partial charge in [0.1, 0.15) is 5.82 Å². The highest BCUT2D eigenvalue weighted by atomic mass is 19.4. The van der Waals surface area contributed by atoms with E-state index in [4.69, 9.17) is 0 Å². The largest absolute Gasteiger partial charge is 0.419 e. The minimum absolute atomic E-state index is 0.0773. The number of hydrogen-bond donors (Lipinski definition) is 0. The molecule has 1 saturated heterocycles. The molecule has 0 saturated carbocycles. The second kappa shape index (κ2) is 6.02. The first-order valence-electron chi connectivity index (χ1n) is 7.28. The summed E-state index contributed by atoms with van der Waals surface area (Å²) >= 11 is 0. The van der Waals surface area contributed by atoms with Gasteiger partial charge in [-0.3, -0.25) is 4.79 Å². The van der Waals surface area contributed by atoms with E-state index in [1.54, 1.807) is 4.90 Å². The number of alkyl halides is 3. The Labute approximate surface area is 130 Å². The molecule has 1 unspecified atom stereocenters. The summed E-state index contributed by atoms with van der Waals surface area (Å²) in [7, 11) is 0. The zero-order valence-corrected chi connectivity index (χ0v) is 12.2. The van der Waals surface area contributed by atoms with E-state index < -0.39 is 11.7 Å². The van der Waals surface area contributed by atoms with Crippen LogP contribution in [0.3, 0.4) is 0 Å². The van der Waals surface area contributed by atoms with Crippen molar-refractivity contribution in [1.29, 1.82) is 0 Å². The van der Waals surface area contributed by atoms with Crippen LogP contribution in [0.2, 0.25) is 0 Å². The monoisotopic (exact) mass is 324 g/mol. The number of pyridine rings is 1. The smallest absolute Gasteiger partial charge is 0.351 e. The quantitative estimate of drug-likeness (QED) is 0.869. The van der Waals surface area contributed by atoms with Crippen molar-refractivity contribution in [2.75, 3.05) is 11.4 Å². The summed E-state index contributed by atoms with van der Waals surface area (Å²) in [6.45, 7) is 0.722. The van der Waals surface area contributed by atoms with Crippen LogP contribution in [0.5, 0.6) is 0 Å². The molecule has 1 atom stereocenters. The molecule has 1 aliphatic heterocycles. The van der Waals surface area contributed by atoms with Gasteiger partial charge in [0.25, 0.3) is 5.56 Å². The number of halogens is 3.